The van der Waals surface area contributed by atoms with Gasteiger partial charge in [-0.25, -0.2) is 4.79 Å². The summed E-state index contributed by atoms with van der Waals surface area (Å²) in [6, 6.07) is 7.21. The second kappa shape index (κ2) is 8.22. The normalized spacial score (nSPS) is 12.2. The molecule has 3 amide bonds. The van der Waals surface area contributed by atoms with Gasteiger partial charge < -0.3 is 14.8 Å². The Morgan fingerprint density at radius 3 is 2.52 bits per heavy atom. The second-order valence-corrected chi connectivity index (χ2v) is 7.19. The third-order valence-corrected chi connectivity index (χ3v) is 5.53. The number of hydrogen-bond donors (Lipinski definition) is 2. The SMILES string of the molecule is COC(=O)NC(=O)c1c(NC(=O)Cc2ccc(OC)cc2)sc2c1CCC2. The predicted molar refractivity (Wildman–Crippen MR) is 102 cm³/mol. The number of benzene rings is 1. The Morgan fingerprint density at radius 1 is 1.11 bits per heavy atom. The zero-order valence-electron chi connectivity index (χ0n) is 15.1. The van der Waals surface area contributed by atoms with Crippen LogP contribution in [0.1, 0.15) is 32.8 Å². The van der Waals surface area contributed by atoms with Crippen molar-refractivity contribution in [1.82, 2.24) is 5.32 Å². The highest BCUT2D eigenvalue weighted by atomic mass is 32.1. The summed E-state index contributed by atoms with van der Waals surface area (Å²) in [4.78, 5) is 37.4. The number of amides is 3. The number of fused-ring (bicyclic) bond motifs is 1. The predicted octanol–water partition coefficient (Wildman–Crippen LogP) is 2.92. The number of hydrogen-bond acceptors (Lipinski definition) is 6. The molecular formula is C19H20N2O5S. The van der Waals surface area contributed by atoms with Gasteiger partial charge in [-0.3, -0.25) is 14.9 Å². The smallest absolute Gasteiger partial charge is 0.413 e. The van der Waals surface area contributed by atoms with Crippen molar-refractivity contribution in [1.29, 1.82) is 0 Å². The lowest BCUT2D eigenvalue weighted by atomic mass is 10.1. The molecule has 1 heterocycles. The molecule has 0 aliphatic heterocycles. The maximum atomic E-state index is 12.5. The molecule has 142 valence electrons. The lowest BCUT2D eigenvalue weighted by molar-refractivity contribution is -0.115. The maximum absolute atomic E-state index is 12.5. The van der Waals surface area contributed by atoms with Gasteiger partial charge in [0.05, 0.1) is 26.2 Å². The van der Waals surface area contributed by atoms with Crippen molar-refractivity contribution in [2.24, 2.45) is 0 Å². The van der Waals surface area contributed by atoms with Gasteiger partial charge >= 0.3 is 6.09 Å². The minimum absolute atomic E-state index is 0.171. The van der Waals surface area contributed by atoms with Crippen LogP contribution in [0.2, 0.25) is 0 Å². The first-order valence-corrected chi connectivity index (χ1v) is 9.30. The molecule has 8 heteroatoms. The summed E-state index contributed by atoms with van der Waals surface area (Å²) >= 11 is 1.39. The van der Waals surface area contributed by atoms with Crippen LogP contribution in [0.25, 0.3) is 0 Å². The number of methoxy groups -OCH3 is 2. The molecule has 0 atom stereocenters. The summed E-state index contributed by atoms with van der Waals surface area (Å²) in [5.41, 5.74) is 2.10. The van der Waals surface area contributed by atoms with Gasteiger partial charge in [-0.1, -0.05) is 12.1 Å². The molecule has 0 bridgehead atoms. The molecule has 1 aliphatic carbocycles. The molecule has 1 aliphatic rings. The summed E-state index contributed by atoms with van der Waals surface area (Å²) in [5, 5.41) is 5.48. The number of rotatable bonds is 5. The number of alkyl carbamates (subject to hydrolysis) is 1. The Hall–Kier alpha value is -2.87. The average Bonchev–Trinajstić information content (AvgIpc) is 3.22. The standard InChI is InChI=1S/C19H20N2O5S/c1-25-12-8-6-11(7-9-12)10-15(22)20-18-16(17(23)21-19(24)26-2)13-4-3-5-14(13)27-18/h6-9H,3-5,10H2,1-2H3,(H,20,22)(H,21,23,24). The molecule has 0 radical (unpaired) electrons. The van der Waals surface area contributed by atoms with E-state index in [1.807, 2.05) is 12.1 Å². The molecule has 0 fully saturated rings. The Labute approximate surface area is 160 Å². The van der Waals surface area contributed by atoms with Crippen LogP contribution in [-0.2, 0) is 28.8 Å². The molecule has 0 saturated carbocycles. The van der Waals surface area contributed by atoms with Gasteiger partial charge in [0.15, 0.2) is 0 Å². The number of nitrogens with one attached hydrogen (secondary N) is 2. The molecular weight excluding hydrogens is 368 g/mol. The molecule has 7 nitrogen and oxygen atoms in total. The van der Waals surface area contributed by atoms with E-state index in [1.54, 1.807) is 19.2 Å². The fourth-order valence-corrected chi connectivity index (χ4v) is 4.34. The number of carbonyl (C=O) groups excluding carboxylic acids is 3. The fraction of sp³-hybridized carbons (Fsp3) is 0.316. The zero-order chi connectivity index (χ0) is 19.4. The van der Waals surface area contributed by atoms with Gasteiger partial charge in [-0.15, -0.1) is 11.3 Å². The van der Waals surface area contributed by atoms with E-state index in [9.17, 15) is 14.4 Å². The molecule has 2 N–H and O–H groups in total. The van der Waals surface area contributed by atoms with Crippen LogP contribution >= 0.6 is 11.3 Å². The van der Waals surface area contributed by atoms with Gasteiger partial charge in [0.25, 0.3) is 5.91 Å². The van der Waals surface area contributed by atoms with Crippen molar-refractivity contribution >= 4 is 34.2 Å². The minimum Gasteiger partial charge on any atom is -0.497 e. The Bertz CT molecular complexity index is 873. The highest BCUT2D eigenvalue weighted by molar-refractivity contribution is 7.17. The van der Waals surface area contributed by atoms with Crippen molar-refractivity contribution in [3.8, 4) is 5.75 Å². The van der Waals surface area contributed by atoms with Crippen LogP contribution in [0.4, 0.5) is 9.80 Å². The third-order valence-electron chi connectivity index (χ3n) is 4.33. The molecule has 1 aromatic carbocycles. The Kier molecular flexibility index (Phi) is 5.75. The number of ether oxygens (including phenoxy) is 2. The van der Waals surface area contributed by atoms with E-state index in [2.05, 4.69) is 15.4 Å². The highest BCUT2D eigenvalue weighted by Gasteiger charge is 2.28. The van der Waals surface area contributed by atoms with E-state index in [4.69, 9.17) is 4.74 Å². The van der Waals surface area contributed by atoms with Gasteiger partial charge in [-0.2, -0.15) is 0 Å². The van der Waals surface area contributed by atoms with E-state index < -0.39 is 12.0 Å². The fourth-order valence-electron chi connectivity index (χ4n) is 3.04. The van der Waals surface area contributed by atoms with Crippen LogP contribution < -0.4 is 15.4 Å². The topological polar surface area (TPSA) is 93.7 Å². The molecule has 0 unspecified atom stereocenters. The summed E-state index contributed by atoms with van der Waals surface area (Å²) < 4.78 is 9.60. The summed E-state index contributed by atoms with van der Waals surface area (Å²) in [7, 11) is 2.77. The number of aryl methyl sites for hydroxylation is 1. The lowest BCUT2D eigenvalue weighted by Gasteiger charge is -2.09. The molecule has 3 rings (SSSR count). The molecule has 1 aromatic heterocycles. The molecule has 27 heavy (non-hydrogen) atoms. The van der Waals surface area contributed by atoms with Crippen LogP contribution in [-0.4, -0.2) is 32.1 Å². The van der Waals surface area contributed by atoms with E-state index in [1.165, 1.54) is 18.4 Å². The quantitative estimate of drug-likeness (QED) is 0.821. The largest absolute Gasteiger partial charge is 0.497 e. The van der Waals surface area contributed by atoms with Gasteiger partial charge in [-0.05, 0) is 42.5 Å². The van der Waals surface area contributed by atoms with E-state index in [-0.39, 0.29) is 12.3 Å². The van der Waals surface area contributed by atoms with E-state index in [0.29, 0.717) is 10.6 Å². The molecule has 0 saturated heterocycles. The van der Waals surface area contributed by atoms with Crippen LogP contribution in [0, 0.1) is 0 Å². The summed E-state index contributed by atoms with van der Waals surface area (Å²) in [5.74, 6) is -0.0659. The first-order chi connectivity index (χ1) is 13.0. The zero-order valence-corrected chi connectivity index (χ0v) is 15.9. The van der Waals surface area contributed by atoms with Crippen molar-refractivity contribution in [2.45, 2.75) is 25.7 Å². The minimum atomic E-state index is -0.826. The van der Waals surface area contributed by atoms with Crippen molar-refractivity contribution in [3.05, 3.63) is 45.8 Å². The van der Waals surface area contributed by atoms with Gasteiger partial charge in [0.2, 0.25) is 5.91 Å². The number of carbonyl (C=O) groups is 3. The third kappa shape index (κ3) is 4.28. The molecule has 0 spiro atoms. The van der Waals surface area contributed by atoms with Crippen molar-refractivity contribution in [2.75, 3.05) is 19.5 Å². The van der Waals surface area contributed by atoms with Gasteiger partial charge in [0, 0.05) is 4.88 Å². The van der Waals surface area contributed by atoms with E-state index in [0.717, 1.165) is 41.0 Å². The van der Waals surface area contributed by atoms with Crippen LogP contribution in [0.5, 0.6) is 5.75 Å². The Balaban J connectivity index is 1.76. The van der Waals surface area contributed by atoms with Crippen LogP contribution in [0.3, 0.4) is 0 Å². The highest BCUT2D eigenvalue weighted by Crippen LogP contribution is 2.39. The number of imide groups is 1. The Morgan fingerprint density at radius 2 is 1.85 bits per heavy atom. The van der Waals surface area contributed by atoms with E-state index >= 15 is 0 Å². The average molecular weight is 388 g/mol. The van der Waals surface area contributed by atoms with Crippen LogP contribution in [0.15, 0.2) is 24.3 Å². The number of thiophene rings is 1. The first-order valence-electron chi connectivity index (χ1n) is 8.48. The number of anilines is 1. The van der Waals surface area contributed by atoms with Crippen molar-refractivity contribution < 1.29 is 23.9 Å². The van der Waals surface area contributed by atoms with Gasteiger partial charge in [0.1, 0.15) is 10.8 Å². The summed E-state index contributed by atoms with van der Waals surface area (Å²) in [6.45, 7) is 0. The maximum Gasteiger partial charge on any atom is 0.413 e. The monoisotopic (exact) mass is 388 g/mol. The molecule has 2 aromatic rings. The lowest BCUT2D eigenvalue weighted by Crippen LogP contribution is -2.31. The second-order valence-electron chi connectivity index (χ2n) is 6.08. The summed E-state index contributed by atoms with van der Waals surface area (Å²) in [6.07, 6.45) is 1.93. The first kappa shape index (κ1) is 18.9. The van der Waals surface area contributed by atoms with Crippen molar-refractivity contribution in [3.63, 3.8) is 0 Å².